The van der Waals surface area contributed by atoms with E-state index in [4.69, 9.17) is 9.47 Å². The Kier molecular flexibility index (Phi) is 4.83. The molecule has 100 valence electrons. The van der Waals surface area contributed by atoms with Crippen LogP contribution in [0.1, 0.15) is 45.4 Å². The molecule has 1 spiro atoms. The Bertz CT molecular complexity index is 226. The van der Waals surface area contributed by atoms with Crippen molar-refractivity contribution in [1.82, 2.24) is 5.32 Å². The molecule has 0 aliphatic heterocycles. The number of hydrogen-bond acceptors (Lipinski definition) is 3. The number of ether oxygens (including phenoxy) is 2. The Morgan fingerprint density at radius 2 is 2.00 bits per heavy atom. The zero-order valence-corrected chi connectivity index (χ0v) is 11.3. The summed E-state index contributed by atoms with van der Waals surface area (Å²) in [7, 11) is 1.74. The van der Waals surface area contributed by atoms with Crippen molar-refractivity contribution in [3.8, 4) is 0 Å². The van der Waals surface area contributed by atoms with Crippen LogP contribution in [0.2, 0.25) is 0 Å². The maximum atomic E-state index is 6.00. The Balaban J connectivity index is 1.83. The lowest BCUT2D eigenvalue weighted by Gasteiger charge is -2.54. The molecule has 0 aromatic heterocycles. The fourth-order valence-electron chi connectivity index (χ4n) is 3.56. The summed E-state index contributed by atoms with van der Waals surface area (Å²) in [5.41, 5.74) is 0.461. The topological polar surface area (TPSA) is 30.5 Å². The van der Waals surface area contributed by atoms with Crippen molar-refractivity contribution in [3.63, 3.8) is 0 Å². The van der Waals surface area contributed by atoms with Gasteiger partial charge in [0, 0.05) is 18.6 Å². The molecule has 2 atom stereocenters. The average molecular weight is 241 g/mol. The monoisotopic (exact) mass is 241 g/mol. The average Bonchev–Trinajstić information content (AvgIpc) is 2.84. The summed E-state index contributed by atoms with van der Waals surface area (Å²) < 4.78 is 11.1. The van der Waals surface area contributed by atoms with E-state index in [-0.39, 0.29) is 0 Å². The highest BCUT2D eigenvalue weighted by Gasteiger charge is 2.56. The second-order valence-electron chi connectivity index (χ2n) is 5.53. The molecule has 1 N–H and O–H groups in total. The molecule has 3 heteroatoms. The summed E-state index contributed by atoms with van der Waals surface area (Å²) in [4.78, 5) is 0. The first-order valence-electron chi connectivity index (χ1n) is 7.17. The Morgan fingerprint density at radius 3 is 2.65 bits per heavy atom. The van der Waals surface area contributed by atoms with Crippen molar-refractivity contribution >= 4 is 0 Å². The fraction of sp³-hybridized carbons (Fsp3) is 1.00. The van der Waals surface area contributed by atoms with Gasteiger partial charge in [0.1, 0.15) is 0 Å². The van der Waals surface area contributed by atoms with Gasteiger partial charge in [-0.3, -0.25) is 0 Å². The lowest BCUT2D eigenvalue weighted by molar-refractivity contribution is -0.139. The van der Waals surface area contributed by atoms with Crippen LogP contribution < -0.4 is 5.32 Å². The van der Waals surface area contributed by atoms with Gasteiger partial charge < -0.3 is 14.8 Å². The number of rotatable bonds is 7. The lowest BCUT2D eigenvalue weighted by Crippen LogP contribution is -2.62. The highest BCUT2D eigenvalue weighted by atomic mass is 16.5. The summed E-state index contributed by atoms with van der Waals surface area (Å²) >= 11 is 0. The number of methoxy groups -OCH3 is 1. The van der Waals surface area contributed by atoms with Gasteiger partial charge in [0.15, 0.2) is 0 Å². The van der Waals surface area contributed by atoms with E-state index in [1.165, 1.54) is 38.5 Å². The van der Waals surface area contributed by atoms with Crippen LogP contribution in [0.25, 0.3) is 0 Å². The molecule has 2 fully saturated rings. The summed E-state index contributed by atoms with van der Waals surface area (Å²) in [6, 6.07) is 0.706. The second-order valence-corrected chi connectivity index (χ2v) is 5.53. The minimum absolute atomic E-state index is 0.461. The molecule has 3 nitrogen and oxygen atoms in total. The summed E-state index contributed by atoms with van der Waals surface area (Å²) in [6.45, 7) is 4.86. The van der Waals surface area contributed by atoms with Gasteiger partial charge in [0.05, 0.1) is 19.3 Å². The van der Waals surface area contributed by atoms with E-state index in [1.807, 2.05) is 0 Å². The molecule has 0 radical (unpaired) electrons. The normalized spacial score (nSPS) is 30.7. The molecule has 0 saturated heterocycles. The highest BCUT2D eigenvalue weighted by Crippen LogP contribution is 2.54. The van der Waals surface area contributed by atoms with Crippen LogP contribution in [0.3, 0.4) is 0 Å². The smallest absolute Gasteiger partial charge is 0.0704 e. The molecular formula is C14H27NO2. The Labute approximate surface area is 105 Å². The molecule has 2 aliphatic rings. The van der Waals surface area contributed by atoms with Crippen LogP contribution in [-0.2, 0) is 9.47 Å². The molecule has 0 amide bonds. The van der Waals surface area contributed by atoms with E-state index >= 15 is 0 Å². The molecule has 2 aliphatic carbocycles. The van der Waals surface area contributed by atoms with Crippen LogP contribution in [0.4, 0.5) is 0 Å². The van der Waals surface area contributed by atoms with E-state index in [0.29, 0.717) is 17.6 Å². The first-order valence-corrected chi connectivity index (χ1v) is 7.17. The van der Waals surface area contributed by atoms with Crippen molar-refractivity contribution < 1.29 is 9.47 Å². The van der Waals surface area contributed by atoms with Crippen LogP contribution in [0.15, 0.2) is 0 Å². The molecular weight excluding hydrogens is 214 g/mol. The minimum atomic E-state index is 0.461. The maximum Gasteiger partial charge on any atom is 0.0704 e. The van der Waals surface area contributed by atoms with Crippen molar-refractivity contribution in [2.24, 2.45) is 5.41 Å². The zero-order valence-electron chi connectivity index (χ0n) is 11.3. The van der Waals surface area contributed by atoms with E-state index < -0.39 is 0 Å². The Hall–Kier alpha value is -0.120. The summed E-state index contributed by atoms with van der Waals surface area (Å²) in [6.07, 6.45) is 8.38. The number of hydrogen-bond donors (Lipinski definition) is 1. The van der Waals surface area contributed by atoms with Gasteiger partial charge in [-0.25, -0.2) is 0 Å². The first kappa shape index (κ1) is 13.3. The standard InChI is InChI=1S/C14H27NO2/c1-3-8-15-12-11-13(17-10-9-16-2)14(12)6-4-5-7-14/h12-13,15H,3-11H2,1-2H3. The van der Waals surface area contributed by atoms with Gasteiger partial charge in [-0.2, -0.15) is 0 Å². The molecule has 0 heterocycles. The quantitative estimate of drug-likeness (QED) is 0.694. The summed E-state index contributed by atoms with van der Waals surface area (Å²) in [5, 5.41) is 3.71. The van der Waals surface area contributed by atoms with Gasteiger partial charge in [0.2, 0.25) is 0 Å². The van der Waals surface area contributed by atoms with Gasteiger partial charge in [-0.15, -0.1) is 0 Å². The molecule has 0 aromatic carbocycles. The highest BCUT2D eigenvalue weighted by molar-refractivity contribution is 5.09. The van der Waals surface area contributed by atoms with Gasteiger partial charge in [0.25, 0.3) is 0 Å². The van der Waals surface area contributed by atoms with Gasteiger partial charge in [-0.1, -0.05) is 19.8 Å². The third-order valence-corrected chi connectivity index (χ3v) is 4.57. The van der Waals surface area contributed by atoms with Crippen molar-refractivity contribution in [2.75, 3.05) is 26.9 Å². The van der Waals surface area contributed by atoms with E-state index in [9.17, 15) is 0 Å². The molecule has 17 heavy (non-hydrogen) atoms. The molecule has 2 saturated carbocycles. The van der Waals surface area contributed by atoms with E-state index in [2.05, 4.69) is 12.2 Å². The third kappa shape index (κ3) is 2.67. The first-order chi connectivity index (χ1) is 8.33. The van der Waals surface area contributed by atoms with Crippen molar-refractivity contribution in [3.05, 3.63) is 0 Å². The molecule has 2 rings (SSSR count). The van der Waals surface area contributed by atoms with Gasteiger partial charge in [-0.05, 0) is 32.2 Å². The maximum absolute atomic E-state index is 6.00. The summed E-state index contributed by atoms with van der Waals surface area (Å²) in [5.74, 6) is 0. The van der Waals surface area contributed by atoms with Gasteiger partial charge >= 0.3 is 0 Å². The van der Waals surface area contributed by atoms with E-state index in [0.717, 1.165) is 19.8 Å². The Morgan fingerprint density at radius 1 is 1.24 bits per heavy atom. The predicted octanol–water partition coefficient (Wildman–Crippen LogP) is 2.35. The predicted molar refractivity (Wildman–Crippen MR) is 69.2 cm³/mol. The van der Waals surface area contributed by atoms with Crippen LogP contribution in [0.5, 0.6) is 0 Å². The van der Waals surface area contributed by atoms with E-state index in [1.54, 1.807) is 7.11 Å². The van der Waals surface area contributed by atoms with Crippen LogP contribution >= 0.6 is 0 Å². The fourth-order valence-corrected chi connectivity index (χ4v) is 3.56. The second kappa shape index (κ2) is 6.17. The molecule has 0 aromatic rings. The number of nitrogens with one attached hydrogen (secondary N) is 1. The van der Waals surface area contributed by atoms with Crippen LogP contribution in [0, 0.1) is 5.41 Å². The largest absolute Gasteiger partial charge is 0.382 e. The third-order valence-electron chi connectivity index (χ3n) is 4.57. The van der Waals surface area contributed by atoms with Crippen molar-refractivity contribution in [1.29, 1.82) is 0 Å². The minimum Gasteiger partial charge on any atom is -0.382 e. The molecule has 0 bridgehead atoms. The van der Waals surface area contributed by atoms with Crippen LogP contribution in [-0.4, -0.2) is 39.0 Å². The zero-order chi connectivity index (χ0) is 12.1. The van der Waals surface area contributed by atoms with Crippen molar-refractivity contribution in [2.45, 2.75) is 57.6 Å². The lowest BCUT2D eigenvalue weighted by atomic mass is 9.60. The SMILES string of the molecule is CCCNC1CC(OCCOC)C12CCCC2. The molecule has 2 unspecified atom stereocenters.